The number of aromatic nitrogens is 1. The van der Waals surface area contributed by atoms with Crippen LogP contribution in [0.1, 0.15) is 17.0 Å². The second-order valence-electron chi connectivity index (χ2n) is 5.26. The predicted molar refractivity (Wildman–Crippen MR) is 82.2 cm³/mol. The van der Waals surface area contributed by atoms with E-state index in [9.17, 15) is 4.79 Å². The number of aryl methyl sites for hydroxylation is 2. The number of benzene rings is 1. The standard InChI is InChI=1S/C16H21N3O2/c1-11-5-7-13(8-6-11)15-18-14(12(2)21-15)9-10-17-16(20)19(3)4/h5-8H,9-10H2,1-4H3,(H,17,20). The minimum Gasteiger partial charge on any atom is -0.441 e. The van der Waals surface area contributed by atoms with E-state index in [1.807, 2.05) is 38.1 Å². The Morgan fingerprint density at radius 3 is 2.52 bits per heavy atom. The maximum atomic E-state index is 11.4. The number of rotatable bonds is 4. The molecule has 0 aliphatic heterocycles. The fraction of sp³-hybridized carbons (Fsp3) is 0.375. The first kappa shape index (κ1) is 15.1. The molecule has 0 fully saturated rings. The van der Waals surface area contributed by atoms with Crippen LogP contribution in [-0.4, -0.2) is 36.6 Å². The van der Waals surface area contributed by atoms with Crippen molar-refractivity contribution in [3.8, 4) is 11.5 Å². The Morgan fingerprint density at radius 1 is 1.24 bits per heavy atom. The van der Waals surface area contributed by atoms with Crippen LogP contribution in [0, 0.1) is 13.8 Å². The molecule has 1 aromatic heterocycles. The van der Waals surface area contributed by atoms with E-state index in [0.717, 1.165) is 17.0 Å². The van der Waals surface area contributed by atoms with Crippen LogP contribution in [0.3, 0.4) is 0 Å². The van der Waals surface area contributed by atoms with E-state index >= 15 is 0 Å². The second-order valence-corrected chi connectivity index (χ2v) is 5.26. The molecule has 0 unspecified atom stereocenters. The molecule has 1 heterocycles. The lowest BCUT2D eigenvalue weighted by Gasteiger charge is -2.11. The average molecular weight is 287 g/mol. The molecule has 2 rings (SSSR count). The summed E-state index contributed by atoms with van der Waals surface area (Å²) in [6.07, 6.45) is 0.654. The van der Waals surface area contributed by atoms with Crippen molar-refractivity contribution in [2.45, 2.75) is 20.3 Å². The highest BCUT2D eigenvalue weighted by Crippen LogP contribution is 2.22. The van der Waals surface area contributed by atoms with Crippen LogP contribution in [0.25, 0.3) is 11.5 Å². The van der Waals surface area contributed by atoms with Crippen molar-refractivity contribution in [1.82, 2.24) is 15.2 Å². The maximum Gasteiger partial charge on any atom is 0.316 e. The van der Waals surface area contributed by atoms with E-state index in [1.54, 1.807) is 14.1 Å². The summed E-state index contributed by atoms with van der Waals surface area (Å²) < 4.78 is 5.71. The van der Waals surface area contributed by atoms with Gasteiger partial charge in [0.25, 0.3) is 0 Å². The monoisotopic (exact) mass is 287 g/mol. The minimum atomic E-state index is -0.102. The SMILES string of the molecule is Cc1ccc(-c2nc(CCNC(=O)N(C)C)c(C)o2)cc1. The van der Waals surface area contributed by atoms with Gasteiger partial charge in [-0.25, -0.2) is 9.78 Å². The van der Waals surface area contributed by atoms with Crippen molar-refractivity contribution in [3.63, 3.8) is 0 Å². The topological polar surface area (TPSA) is 58.4 Å². The zero-order valence-electron chi connectivity index (χ0n) is 12.9. The lowest BCUT2D eigenvalue weighted by Crippen LogP contribution is -2.35. The lowest BCUT2D eigenvalue weighted by atomic mass is 10.1. The molecule has 0 bridgehead atoms. The molecule has 0 atom stereocenters. The Kier molecular flexibility index (Phi) is 4.62. The zero-order valence-corrected chi connectivity index (χ0v) is 12.9. The number of oxazole rings is 1. The normalized spacial score (nSPS) is 10.5. The fourth-order valence-electron chi connectivity index (χ4n) is 1.93. The molecule has 5 heteroatoms. The van der Waals surface area contributed by atoms with Gasteiger partial charge in [-0.1, -0.05) is 17.7 Å². The number of hydrogen-bond acceptors (Lipinski definition) is 3. The third kappa shape index (κ3) is 3.84. The fourth-order valence-corrected chi connectivity index (χ4v) is 1.93. The van der Waals surface area contributed by atoms with Gasteiger partial charge in [-0.15, -0.1) is 0 Å². The number of carbonyl (C=O) groups is 1. The first-order chi connectivity index (χ1) is 9.97. The highest BCUT2D eigenvalue weighted by Gasteiger charge is 2.11. The average Bonchev–Trinajstić information content (AvgIpc) is 2.81. The molecule has 1 N–H and O–H groups in total. The number of hydrogen-bond donors (Lipinski definition) is 1. The molecule has 2 amide bonds. The third-order valence-corrected chi connectivity index (χ3v) is 3.24. The van der Waals surface area contributed by atoms with Crippen LogP contribution in [-0.2, 0) is 6.42 Å². The van der Waals surface area contributed by atoms with Crippen LogP contribution < -0.4 is 5.32 Å². The van der Waals surface area contributed by atoms with Gasteiger partial charge in [0.05, 0.1) is 5.69 Å². The molecule has 0 aliphatic carbocycles. The number of urea groups is 1. The summed E-state index contributed by atoms with van der Waals surface area (Å²) in [6.45, 7) is 4.48. The number of nitrogens with zero attached hydrogens (tertiary/aromatic N) is 2. The van der Waals surface area contributed by atoms with Gasteiger partial charge < -0.3 is 14.6 Å². The number of carbonyl (C=O) groups excluding carboxylic acids is 1. The van der Waals surface area contributed by atoms with Crippen molar-refractivity contribution < 1.29 is 9.21 Å². The smallest absolute Gasteiger partial charge is 0.316 e. The van der Waals surface area contributed by atoms with E-state index < -0.39 is 0 Å². The largest absolute Gasteiger partial charge is 0.441 e. The van der Waals surface area contributed by atoms with Gasteiger partial charge in [0.2, 0.25) is 5.89 Å². The van der Waals surface area contributed by atoms with E-state index in [2.05, 4.69) is 10.3 Å². The molecule has 0 radical (unpaired) electrons. The Hall–Kier alpha value is -2.30. The molecule has 1 aromatic carbocycles. The van der Waals surface area contributed by atoms with Gasteiger partial charge in [0, 0.05) is 32.6 Å². The van der Waals surface area contributed by atoms with Gasteiger partial charge in [-0.2, -0.15) is 0 Å². The zero-order chi connectivity index (χ0) is 15.4. The van der Waals surface area contributed by atoms with Crippen LogP contribution in [0.15, 0.2) is 28.7 Å². The molecule has 5 nitrogen and oxygen atoms in total. The summed E-state index contributed by atoms with van der Waals surface area (Å²) in [7, 11) is 3.43. The summed E-state index contributed by atoms with van der Waals surface area (Å²) in [4.78, 5) is 17.5. The quantitative estimate of drug-likeness (QED) is 0.940. The minimum absolute atomic E-state index is 0.102. The second kappa shape index (κ2) is 6.43. The molecular weight excluding hydrogens is 266 g/mol. The Bertz CT molecular complexity index is 615. The highest BCUT2D eigenvalue weighted by atomic mass is 16.4. The van der Waals surface area contributed by atoms with Gasteiger partial charge in [0.1, 0.15) is 5.76 Å². The first-order valence-corrected chi connectivity index (χ1v) is 6.96. The first-order valence-electron chi connectivity index (χ1n) is 6.96. The number of nitrogens with one attached hydrogen (secondary N) is 1. The Morgan fingerprint density at radius 2 is 1.90 bits per heavy atom. The van der Waals surface area contributed by atoms with Crippen LogP contribution in [0.2, 0.25) is 0 Å². The van der Waals surface area contributed by atoms with E-state index in [1.165, 1.54) is 10.5 Å². The van der Waals surface area contributed by atoms with Gasteiger partial charge in [-0.3, -0.25) is 0 Å². The molecule has 0 saturated carbocycles. The molecule has 0 aliphatic rings. The van der Waals surface area contributed by atoms with E-state index in [0.29, 0.717) is 18.9 Å². The third-order valence-electron chi connectivity index (χ3n) is 3.24. The summed E-state index contributed by atoms with van der Waals surface area (Å²) in [5.41, 5.74) is 3.05. The summed E-state index contributed by atoms with van der Waals surface area (Å²) in [6, 6.07) is 7.96. The van der Waals surface area contributed by atoms with Crippen molar-refractivity contribution >= 4 is 6.03 Å². The van der Waals surface area contributed by atoms with Crippen molar-refractivity contribution in [3.05, 3.63) is 41.3 Å². The predicted octanol–water partition coefficient (Wildman–Crippen LogP) is 2.77. The van der Waals surface area contributed by atoms with Crippen LogP contribution in [0.5, 0.6) is 0 Å². The molecule has 2 aromatic rings. The summed E-state index contributed by atoms with van der Waals surface area (Å²) >= 11 is 0. The van der Waals surface area contributed by atoms with Crippen LogP contribution >= 0.6 is 0 Å². The van der Waals surface area contributed by atoms with Crippen LogP contribution in [0.4, 0.5) is 4.79 Å². The Labute approximate surface area is 125 Å². The molecule has 112 valence electrons. The van der Waals surface area contributed by atoms with Crippen molar-refractivity contribution in [2.75, 3.05) is 20.6 Å². The molecule has 21 heavy (non-hydrogen) atoms. The summed E-state index contributed by atoms with van der Waals surface area (Å²) in [5, 5.41) is 2.82. The maximum absolute atomic E-state index is 11.4. The molecule has 0 spiro atoms. The van der Waals surface area contributed by atoms with Gasteiger partial charge in [-0.05, 0) is 26.0 Å². The van der Waals surface area contributed by atoms with Gasteiger partial charge >= 0.3 is 6.03 Å². The van der Waals surface area contributed by atoms with E-state index in [-0.39, 0.29) is 6.03 Å². The van der Waals surface area contributed by atoms with Crippen molar-refractivity contribution in [2.24, 2.45) is 0 Å². The summed E-state index contributed by atoms with van der Waals surface area (Å²) in [5.74, 6) is 1.42. The van der Waals surface area contributed by atoms with E-state index in [4.69, 9.17) is 4.42 Å². The highest BCUT2D eigenvalue weighted by molar-refractivity contribution is 5.73. The number of amides is 2. The molecule has 0 saturated heterocycles. The van der Waals surface area contributed by atoms with Crippen molar-refractivity contribution in [1.29, 1.82) is 0 Å². The van der Waals surface area contributed by atoms with Gasteiger partial charge in [0.15, 0.2) is 0 Å². The molecular formula is C16H21N3O2. The Balaban J connectivity index is 2.02. The lowest BCUT2D eigenvalue weighted by molar-refractivity contribution is 0.217.